The molecule has 0 radical (unpaired) electrons. The van der Waals surface area contributed by atoms with Gasteiger partial charge in [0.25, 0.3) is 0 Å². The molecule has 0 aliphatic carbocycles. The van der Waals surface area contributed by atoms with Gasteiger partial charge in [0.2, 0.25) is 6.41 Å². The maximum Gasteiger partial charge on any atom is 0.218 e. The van der Waals surface area contributed by atoms with E-state index >= 15 is 0 Å². The van der Waals surface area contributed by atoms with E-state index < -0.39 is 0 Å². The van der Waals surface area contributed by atoms with E-state index in [0.717, 1.165) is 17.8 Å². The fourth-order valence-electron chi connectivity index (χ4n) is 1.66. The lowest BCUT2D eigenvalue weighted by molar-refractivity contribution is -0.106. The molecule has 1 amide bonds. The van der Waals surface area contributed by atoms with Crippen LogP contribution < -0.4 is 10.6 Å². The van der Waals surface area contributed by atoms with Crippen LogP contribution in [0.25, 0.3) is 0 Å². The zero-order valence-electron chi connectivity index (χ0n) is 9.71. The molecule has 0 unspecified atom stereocenters. The quantitative estimate of drug-likeness (QED) is 0.488. The van der Waals surface area contributed by atoms with Gasteiger partial charge in [-0.3, -0.25) is 15.1 Å². The summed E-state index contributed by atoms with van der Waals surface area (Å²) < 4.78 is 0. The van der Waals surface area contributed by atoms with Crippen LogP contribution in [0.15, 0.2) is 54.6 Å². The lowest BCUT2D eigenvalue weighted by Crippen LogP contribution is -2.15. The maximum atomic E-state index is 11.2. The molecule has 0 bridgehead atoms. The van der Waals surface area contributed by atoms with Crippen molar-refractivity contribution in [1.29, 1.82) is 5.41 Å². The van der Waals surface area contributed by atoms with Crippen molar-refractivity contribution in [2.75, 3.05) is 4.90 Å². The Morgan fingerprint density at radius 1 is 1.00 bits per heavy atom. The van der Waals surface area contributed by atoms with Gasteiger partial charge in [0, 0.05) is 16.9 Å². The zero-order chi connectivity index (χ0) is 13.0. The molecule has 0 saturated carbocycles. The molecule has 0 aliphatic heterocycles. The Bertz CT molecular complexity index is 549. The number of hydrogen-bond acceptors (Lipinski definition) is 2. The van der Waals surface area contributed by atoms with Gasteiger partial charge in [-0.05, 0) is 36.4 Å². The summed E-state index contributed by atoms with van der Waals surface area (Å²) in [6, 6.07) is 16.3. The molecular weight excluding hydrogens is 226 g/mol. The zero-order valence-corrected chi connectivity index (χ0v) is 9.71. The van der Waals surface area contributed by atoms with Gasteiger partial charge in [0.05, 0.1) is 0 Å². The second-order valence-corrected chi connectivity index (χ2v) is 3.77. The minimum atomic E-state index is 0.0129. The van der Waals surface area contributed by atoms with Crippen molar-refractivity contribution in [3.8, 4) is 0 Å². The average molecular weight is 239 g/mol. The maximum absolute atomic E-state index is 11.2. The molecule has 4 nitrogen and oxygen atoms in total. The number of para-hydroxylation sites is 1. The summed E-state index contributed by atoms with van der Waals surface area (Å²) in [6.45, 7) is 0. The van der Waals surface area contributed by atoms with E-state index in [9.17, 15) is 4.79 Å². The van der Waals surface area contributed by atoms with Crippen LogP contribution in [0.1, 0.15) is 5.56 Å². The number of nitrogens with two attached hydrogens (primary N) is 1. The van der Waals surface area contributed by atoms with E-state index in [-0.39, 0.29) is 5.84 Å². The van der Waals surface area contributed by atoms with E-state index in [1.165, 1.54) is 4.90 Å². The number of carbonyl (C=O) groups is 1. The van der Waals surface area contributed by atoms with E-state index in [0.29, 0.717) is 5.56 Å². The number of rotatable bonds is 4. The van der Waals surface area contributed by atoms with Gasteiger partial charge in [-0.15, -0.1) is 0 Å². The Labute approximate surface area is 105 Å². The monoisotopic (exact) mass is 239 g/mol. The summed E-state index contributed by atoms with van der Waals surface area (Å²) in [4.78, 5) is 12.7. The van der Waals surface area contributed by atoms with Crippen molar-refractivity contribution in [1.82, 2.24) is 0 Å². The molecule has 0 spiro atoms. The van der Waals surface area contributed by atoms with E-state index in [4.69, 9.17) is 11.1 Å². The first-order chi connectivity index (χ1) is 8.72. The number of nitrogens with one attached hydrogen (secondary N) is 1. The molecular formula is C14H13N3O. The third kappa shape index (κ3) is 2.38. The second-order valence-electron chi connectivity index (χ2n) is 3.77. The van der Waals surface area contributed by atoms with Crippen LogP contribution in [0.4, 0.5) is 11.4 Å². The van der Waals surface area contributed by atoms with Gasteiger partial charge in [0.1, 0.15) is 5.84 Å². The predicted octanol–water partition coefficient (Wildman–Crippen LogP) is 2.27. The van der Waals surface area contributed by atoms with Crippen molar-refractivity contribution < 1.29 is 4.79 Å². The predicted molar refractivity (Wildman–Crippen MR) is 72.1 cm³/mol. The summed E-state index contributed by atoms with van der Waals surface area (Å²) in [5.41, 5.74) is 7.55. The molecule has 0 atom stereocenters. The molecule has 18 heavy (non-hydrogen) atoms. The van der Waals surface area contributed by atoms with Gasteiger partial charge >= 0.3 is 0 Å². The lowest BCUT2D eigenvalue weighted by atomic mass is 10.1. The number of benzene rings is 2. The highest BCUT2D eigenvalue weighted by atomic mass is 16.1. The molecule has 4 heteroatoms. The van der Waals surface area contributed by atoms with Crippen LogP contribution in [-0.4, -0.2) is 12.2 Å². The number of amides is 1. The smallest absolute Gasteiger partial charge is 0.218 e. The highest BCUT2D eigenvalue weighted by molar-refractivity contribution is 5.96. The molecule has 0 saturated heterocycles. The molecule has 2 aromatic carbocycles. The summed E-state index contributed by atoms with van der Waals surface area (Å²) >= 11 is 0. The van der Waals surface area contributed by atoms with Crippen molar-refractivity contribution in [3.05, 3.63) is 60.2 Å². The van der Waals surface area contributed by atoms with Crippen LogP contribution >= 0.6 is 0 Å². The van der Waals surface area contributed by atoms with Crippen molar-refractivity contribution >= 4 is 23.6 Å². The summed E-state index contributed by atoms with van der Waals surface area (Å²) in [5, 5.41) is 7.32. The Morgan fingerprint density at radius 2 is 1.56 bits per heavy atom. The molecule has 0 aliphatic rings. The number of nitrogens with zero attached hydrogens (tertiary/aromatic N) is 1. The number of carbonyl (C=O) groups excluding carboxylic acids is 1. The Balaban J connectivity index is 2.34. The molecule has 0 heterocycles. The minimum Gasteiger partial charge on any atom is -0.384 e. The van der Waals surface area contributed by atoms with Crippen molar-refractivity contribution in [3.63, 3.8) is 0 Å². The average Bonchev–Trinajstić information content (AvgIpc) is 2.41. The minimum absolute atomic E-state index is 0.0129. The van der Waals surface area contributed by atoms with Crippen LogP contribution in [-0.2, 0) is 4.79 Å². The SMILES string of the molecule is N=C(N)c1ccc(N(C=O)c2ccccc2)cc1. The van der Waals surface area contributed by atoms with Gasteiger partial charge in [-0.1, -0.05) is 18.2 Å². The lowest BCUT2D eigenvalue weighted by Gasteiger charge is -2.17. The third-order valence-electron chi connectivity index (χ3n) is 2.60. The third-order valence-corrected chi connectivity index (χ3v) is 2.60. The van der Waals surface area contributed by atoms with Gasteiger partial charge in [-0.25, -0.2) is 0 Å². The van der Waals surface area contributed by atoms with E-state index in [1.54, 1.807) is 24.3 Å². The van der Waals surface area contributed by atoms with Crippen LogP contribution in [0.3, 0.4) is 0 Å². The summed E-state index contributed by atoms with van der Waals surface area (Å²) in [6.07, 6.45) is 0.762. The second kappa shape index (κ2) is 5.14. The van der Waals surface area contributed by atoms with Gasteiger partial charge in [-0.2, -0.15) is 0 Å². The summed E-state index contributed by atoms with van der Waals surface area (Å²) in [5.74, 6) is 0.0129. The molecule has 3 N–H and O–H groups in total. The van der Waals surface area contributed by atoms with Crippen molar-refractivity contribution in [2.24, 2.45) is 5.73 Å². The molecule has 0 aromatic heterocycles. The van der Waals surface area contributed by atoms with E-state index in [1.807, 2.05) is 30.3 Å². The number of nitrogen functional groups attached to an aromatic ring is 1. The largest absolute Gasteiger partial charge is 0.384 e. The Kier molecular flexibility index (Phi) is 3.38. The Hall–Kier alpha value is -2.62. The fraction of sp³-hybridized carbons (Fsp3) is 0. The number of amidine groups is 1. The summed E-state index contributed by atoms with van der Waals surface area (Å²) in [7, 11) is 0. The first kappa shape index (κ1) is 11.9. The standard InChI is InChI=1S/C14H13N3O/c15-14(16)11-6-8-13(9-7-11)17(10-18)12-4-2-1-3-5-12/h1-10H,(H3,15,16). The Morgan fingerprint density at radius 3 is 2.06 bits per heavy atom. The molecule has 0 fully saturated rings. The number of hydrogen-bond donors (Lipinski definition) is 2. The highest BCUT2D eigenvalue weighted by Gasteiger charge is 2.07. The topological polar surface area (TPSA) is 70.2 Å². The molecule has 90 valence electrons. The highest BCUT2D eigenvalue weighted by Crippen LogP contribution is 2.23. The normalized spacial score (nSPS) is 9.78. The van der Waals surface area contributed by atoms with Gasteiger partial charge in [0.15, 0.2) is 0 Å². The van der Waals surface area contributed by atoms with Crippen LogP contribution in [0, 0.1) is 5.41 Å². The van der Waals surface area contributed by atoms with Gasteiger partial charge < -0.3 is 5.73 Å². The number of anilines is 2. The first-order valence-electron chi connectivity index (χ1n) is 5.46. The first-order valence-corrected chi connectivity index (χ1v) is 5.46. The van der Waals surface area contributed by atoms with Crippen LogP contribution in [0.2, 0.25) is 0 Å². The molecule has 2 aromatic rings. The van der Waals surface area contributed by atoms with Crippen molar-refractivity contribution in [2.45, 2.75) is 0 Å². The van der Waals surface area contributed by atoms with Crippen LogP contribution in [0.5, 0.6) is 0 Å². The molecule has 2 rings (SSSR count). The fourth-order valence-corrected chi connectivity index (χ4v) is 1.66. The van der Waals surface area contributed by atoms with E-state index in [2.05, 4.69) is 0 Å².